The zero-order chi connectivity index (χ0) is 15.1. The third-order valence-corrected chi connectivity index (χ3v) is 3.53. The van der Waals surface area contributed by atoms with Crippen LogP contribution in [0.25, 0.3) is 11.0 Å². The Labute approximate surface area is 124 Å². The van der Waals surface area contributed by atoms with Crippen LogP contribution in [-0.4, -0.2) is 14.5 Å². The van der Waals surface area contributed by atoms with Crippen molar-refractivity contribution in [2.45, 2.75) is 25.8 Å². The van der Waals surface area contributed by atoms with Crippen LogP contribution in [0.2, 0.25) is 0 Å². The molecule has 2 heterocycles. The average Bonchev–Trinajstić information content (AvgIpc) is 3.01. The van der Waals surface area contributed by atoms with Gasteiger partial charge in [0.2, 0.25) is 5.89 Å². The number of benzene rings is 1. The highest BCUT2D eigenvalue weighted by atomic mass is 35.5. The molecule has 0 saturated heterocycles. The third kappa shape index (κ3) is 2.29. The highest BCUT2D eigenvalue weighted by Gasteiger charge is 2.22. The van der Waals surface area contributed by atoms with Crippen LogP contribution in [0.1, 0.15) is 30.4 Å². The number of hydrogen-bond acceptors (Lipinski definition) is 3. The minimum absolute atomic E-state index is 0.0692. The Morgan fingerprint density at radius 3 is 2.76 bits per heavy atom. The highest BCUT2D eigenvalue weighted by molar-refractivity contribution is 6.16. The first-order valence-corrected chi connectivity index (χ1v) is 6.89. The van der Waals surface area contributed by atoms with Crippen molar-refractivity contribution in [1.29, 1.82) is 0 Å². The van der Waals surface area contributed by atoms with Gasteiger partial charge in [-0.3, -0.25) is 0 Å². The van der Waals surface area contributed by atoms with Crippen molar-refractivity contribution in [2.75, 3.05) is 0 Å². The predicted molar refractivity (Wildman–Crippen MR) is 74.3 cm³/mol. The molecule has 3 rings (SSSR count). The van der Waals surface area contributed by atoms with Gasteiger partial charge in [0.25, 0.3) is 0 Å². The lowest BCUT2D eigenvalue weighted by Crippen LogP contribution is -2.10. The van der Waals surface area contributed by atoms with E-state index in [0.29, 0.717) is 23.0 Å². The van der Waals surface area contributed by atoms with Crippen molar-refractivity contribution in [1.82, 2.24) is 14.5 Å². The fourth-order valence-electron chi connectivity index (χ4n) is 2.37. The maximum Gasteiger partial charge on any atom is 0.217 e. The summed E-state index contributed by atoms with van der Waals surface area (Å²) in [5.74, 6) is 0.206. The molecular weight excluding hydrogens is 300 g/mol. The van der Waals surface area contributed by atoms with Gasteiger partial charge in [-0.05, 0) is 13.8 Å². The molecule has 2 aromatic heterocycles. The van der Waals surface area contributed by atoms with E-state index in [1.54, 1.807) is 17.7 Å². The first-order valence-electron chi connectivity index (χ1n) is 6.35. The fraction of sp³-hybridized carbons (Fsp3) is 0.286. The van der Waals surface area contributed by atoms with Crippen molar-refractivity contribution in [2.24, 2.45) is 0 Å². The number of halogens is 3. The molecule has 0 amide bonds. The molecule has 3 aromatic rings. The van der Waals surface area contributed by atoms with E-state index in [0.717, 1.165) is 6.07 Å². The Kier molecular flexibility index (Phi) is 3.41. The van der Waals surface area contributed by atoms with Crippen LogP contribution in [0.5, 0.6) is 0 Å². The molecule has 0 spiro atoms. The van der Waals surface area contributed by atoms with E-state index in [1.807, 2.05) is 6.92 Å². The molecule has 4 nitrogen and oxygen atoms in total. The number of hydrogen-bond donors (Lipinski definition) is 0. The Bertz CT molecular complexity index is 812. The second kappa shape index (κ2) is 5.11. The topological polar surface area (TPSA) is 43.9 Å². The van der Waals surface area contributed by atoms with Gasteiger partial charge in [-0.1, -0.05) is 0 Å². The van der Waals surface area contributed by atoms with Gasteiger partial charge in [0, 0.05) is 12.1 Å². The smallest absolute Gasteiger partial charge is 0.217 e. The van der Waals surface area contributed by atoms with Gasteiger partial charge < -0.3 is 8.98 Å². The summed E-state index contributed by atoms with van der Waals surface area (Å²) in [5.41, 5.74) is 0.411. The van der Waals surface area contributed by atoms with Crippen LogP contribution in [-0.2, 0) is 5.88 Å². The second-order valence-corrected chi connectivity index (χ2v) is 5.04. The maximum atomic E-state index is 13.8. The zero-order valence-corrected chi connectivity index (χ0v) is 12.2. The Balaban J connectivity index is 2.25. The van der Waals surface area contributed by atoms with Crippen molar-refractivity contribution >= 4 is 22.6 Å². The standard InChI is InChI=1S/C14H12ClF2N3O/c1-7-6-18-14(21-7)8(2)20-11-4-9(16)3-10(17)13(11)19-12(20)5-15/h3-4,6,8H,5H2,1-2H3. The zero-order valence-electron chi connectivity index (χ0n) is 11.4. The molecule has 0 bridgehead atoms. The predicted octanol–water partition coefficient (Wildman–Crippen LogP) is 3.96. The molecule has 110 valence electrons. The molecule has 21 heavy (non-hydrogen) atoms. The van der Waals surface area contributed by atoms with Crippen LogP contribution < -0.4 is 0 Å². The normalized spacial score (nSPS) is 13.0. The Morgan fingerprint density at radius 1 is 1.38 bits per heavy atom. The number of rotatable bonds is 3. The van der Waals surface area contributed by atoms with Gasteiger partial charge in [0.15, 0.2) is 5.82 Å². The van der Waals surface area contributed by atoms with Crippen LogP contribution in [0.3, 0.4) is 0 Å². The van der Waals surface area contributed by atoms with Gasteiger partial charge in [-0.15, -0.1) is 11.6 Å². The van der Waals surface area contributed by atoms with Gasteiger partial charge in [0.05, 0.1) is 17.6 Å². The number of aromatic nitrogens is 3. The molecule has 0 aliphatic heterocycles. The monoisotopic (exact) mass is 311 g/mol. The molecule has 0 aliphatic carbocycles. The summed E-state index contributed by atoms with van der Waals surface area (Å²) in [6, 6.07) is 1.66. The van der Waals surface area contributed by atoms with E-state index in [9.17, 15) is 8.78 Å². The number of imidazole rings is 1. The number of fused-ring (bicyclic) bond motifs is 1. The lowest BCUT2D eigenvalue weighted by atomic mass is 10.2. The van der Waals surface area contributed by atoms with Crippen molar-refractivity contribution in [3.8, 4) is 0 Å². The molecule has 1 unspecified atom stereocenters. The largest absolute Gasteiger partial charge is 0.444 e. The highest BCUT2D eigenvalue weighted by Crippen LogP contribution is 2.28. The van der Waals surface area contributed by atoms with Crippen molar-refractivity contribution in [3.05, 3.63) is 47.4 Å². The van der Waals surface area contributed by atoms with E-state index in [2.05, 4.69) is 9.97 Å². The molecule has 0 N–H and O–H groups in total. The first-order chi connectivity index (χ1) is 10.0. The SMILES string of the molecule is Cc1cnc(C(C)n2c(CCl)nc3c(F)cc(F)cc32)o1. The maximum absolute atomic E-state index is 13.8. The van der Waals surface area contributed by atoms with Crippen molar-refractivity contribution < 1.29 is 13.2 Å². The van der Waals surface area contributed by atoms with Gasteiger partial charge >= 0.3 is 0 Å². The first kappa shape index (κ1) is 14.0. The summed E-state index contributed by atoms with van der Waals surface area (Å²) in [4.78, 5) is 8.30. The van der Waals surface area contributed by atoms with Gasteiger partial charge in [0.1, 0.15) is 29.0 Å². The fourth-order valence-corrected chi connectivity index (χ4v) is 2.56. The summed E-state index contributed by atoms with van der Waals surface area (Å²) in [7, 11) is 0. The number of alkyl halides is 1. The summed E-state index contributed by atoms with van der Waals surface area (Å²) in [6.07, 6.45) is 1.59. The Morgan fingerprint density at radius 2 is 2.14 bits per heavy atom. The molecule has 0 radical (unpaired) electrons. The summed E-state index contributed by atoms with van der Waals surface area (Å²) < 4.78 is 34.5. The second-order valence-electron chi connectivity index (χ2n) is 4.77. The molecule has 1 atom stereocenters. The van der Waals surface area contributed by atoms with Gasteiger partial charge in [-0.25, -0.2) is 18.7 Å². The van der Waals surface area contributed by atoms with E-state index in [-0.39, 0.29) is 17.4 Å². The van der Waals surface area contributed by atoms with Crippen molar-refractivity contribution in [3.63, 3.8) is 0 Å². The molecule has 0 aliphatic rings. The van der Waals surface area contributed by atoms with Crippen LogP contribution >= 0.6 is 11.6 Å². The number of nitrogens with zero attached hydrogens (tertiary/aromatic N) is 3. The van der Waals surface area contributed by atoms with E-state index in [1.165, 1.54) is 6.07 Å². The lowest BCUT2D eigenvalue weighted by molar-refractivity contribution is 0.415. The van der Waals surface area contributed by atoms with E-state index < -0.39 is 11.6 Å². The quantitative estimate of drug-likeness (QED) is 0.688. The average molecular weight is 312 g/mol. The molecule has 1 aromatic carbocycles. The summed E-state index contributed by atoms with van der Waals surface area (Å²) in [6.45, 7) is 3.59. The van der Waals surface area contributed by atoms with E-state index >= 15 is 0 Å². The van der Waals surface area contributed by atoms with Crippen LogP contribution in [0.15, 0.2) is 22.7 Å². The number of oxazole rings is 1. The van der Waals surface area contributed by atoms with Crippen LogP contribution in [0.4, 0.5) is 8.78 Å². The van der Waals surface area contributed by atoms with Gasteiger partial charge in [-0.2, -0.15) is 0 Å². The third-order valence-electron chi connectivity index (χ3n) is 3.29. The summed E-state index contributed by atoms with van der Waals surface area (Å²) >= 11 is 5.88. The lowest BCUT2D eigenvalue weighted by Gasteiger charge is -2.13. The minimum atomic E-state index is -0.717. The molecular formula is C14H12ClF2N3O. The summed E-state index contributed by atoms with van der Waals surface area (Å²) in [5, 5.41) is 0. The molecule has 0 fully saturated rings. The number of aryl methyl sites for hydroxylation is 1. The minimum Gasteiger partial charge on any atom is -0.444 e. The van der Waals surface area contributed by atoms with Crippen LogP contribution in [0, 0.1) is 18.6 Å². The Hall–Kier alpha value is -1.95. The molecule has 7 heteroatoms. The van der Waals surface area contributed by atoms with E-state index in [4.69, 9.17) is 16.0 Å². The molecule has 0 saturated carbocycles.